The predicted octanol–water partition coefficient (Wildman–Crippen LogP) is 7.03. The van der Waals surface area contributed by atoms with Gasteiger partial charge in [0.25, 0.3) is 10.1 Å². The number of carboxylic acid groups (broad SMARTS) is 2. The van der Waals surface area contributed by atoms with Crippen molar-refractivity contribution in [3.05, 3.63) is 29.8 Å². The van der Waals surface area contributed by atoms with E-state index in [1.54, 1.807) is 81.4 Å². The zero-order valence-electron chi connectivity index (χ0n) is 29.5. The molecule has 1 aromatic rings. The van der Waals surface area contributed by atoms with E-state index in [0.29, 0.717) is 4.90 Å². The molecule has 2 amide bonds. The molecule has 0 fully saturated rings. The molecule has 0 bridgehead atoms. The molecule has 0 saturated heterocycles. The Kier molecular flexibility index (Phi) is 12.7. The molecule has 1 rings (SSSR count). The van der Waals surface area contributed by atoms with Crippen molar-refractivity contribution < 1.29 is 51.5 Å². The summed E-state index contributed by atoms with van der Waals surface area (Å²) in [6.07, 6.45) is -5.11. The van der Waals surface area contributed by atoms with E-state index in [9.17, 15) is 37.8 Å². The number of imide groups is 1. The Morgan fingerprint density at radius 3 is 1.54 bits per heavy atom. The second kappa shape index (κ2) is 14.3. The number of ether oxygens (including phenoxy) is 2. The Balaban J connectivity index is 4.13. The van der Waals surface area contributed by atoms with Crippen LogP contribution in [0.2, 0.25) is 0 Å². The molecule has 262 valence electrons. The highest BCUT2D eigenvalue weighted by atomic mass is 32.2. The molecule has 12 nitrogen and oxygen atoms in total. The zero-order chi connectivity index (χ0) is 36.3. The molecule has 0 aromatic heterocycles. The summed E-state index contributed by atoms with van der Waals surface area (Å²) >= 11 is 0. The average molecular weight is 672 g/mol. The minimum atomic E-state index is -4.45. The lowest BCUT2D eigenvalue weighted by Gasteiger charge is -2.55. The SMILES string of the molecule is Cc1ccc(S(=O)(=O)OC(CCC(=O)O)CC(C(C)(C)C)[C@](C(=O)O)(N(C(=O)OC(C)(C)C)C(=O)OC(C)(C)C)C(C)(C)C)cc1. The molecule has 0 heterocycles. The van der Waals surface area contributed by atoms with Crippen molar-refractivity contribution in [3.8, 4) is 0 Å². The van der Waals surface area contributed by atoms with Crippen LogP contribution in [-0.2, 0) is 33.4 Å². The van der Waals surface area contributed by atoms with Gasteiger partial charge in [-0.05, 0) is 84.3 Å². The van der Waals surface area contributed by atoms with Crippen molar-refractivity contribution in [2.45, 2.75) is 137 Å². The molecule has 46 heavy (non-hydrogen) atoms. The third kappa shape index (κ3) is 10.7. The number of carbonyl (C=O) groups is 4. The molecule has 0 radical (unpaired) electrons. The number of aliphatic carboxylic acids is 2. The molecule has 0 aliphatic carbocycles. The highest BCUT2D eigenvalue weighted by Gasteiger charge is 2.66. The minimum absolute atomic E-state index is 0.171. The quantitative estimate of drug-likeness (QED) is 0.231. The van der Waals surface area contributed by atoms with Gasteiger partial charge in [0.15, 0.2) is 5.54 Å². The second-order valence-corrected chi connectivity index (χ2v) is 17.3. The molecule has 13 heteroatoms. The highest BCUT2D eigenvalue weighted by molar-refractivity contribution is 7.86. The lowest BCUT2D eigenvalue weighted by molar-refractivity contribution is -0.173. The molecule has 0 aliphatic heterocycles. The summed E-state index contributed by atoms with van der Waals surface area (Å²) in [6.45, 7) is 20.8. The monoisotopic (exact) mass is 671 g/mol. The second-order valence-electron chi connectivity index (χ2n) is 15.7. The highest BCUT2D eigenvalue weighted by Crippen LogP contribution is 2.52. The number of amides is 2. The molecule has 3 atom stereocenters. The van der Waals surface area contributed by atoms with E-state index < -0.39 is 80.3 Å². The summed E-state index contributed by atoms with van der Waals surface area (Å²) in [5.41, 5.74) is -6.42. The number of carboxylic acids is 2. The van der Waals surface area contributed by atoms with Crippen LogP contribution in [0.3, 0.4) is 0 Å². The Labute approximate surface area is 273 Å². The van der Waals surface area contributed by atoms with Crippen molar-refractivity contribution in [2.24, 2.45) is 16.7 Å². The van der Waals surface area contributed by atoms with Crippen LogP contribution in [0.4, 0.5) is 9.59 Å². The smallest absolute Gasteiger partial charge is 0.420 e. The van der Waals surface area contributed by atoms with Crippen LogP contribution < -0.4 is 0 Å². The fourth-order valence-corrected chi connectivity index (χ4v) is 6.51. The van der Waals surface area contributed by atoms with E-state index in [2.05, 4.69) is 0 Å². The molecule has 0 saturated carbocycles. The number of benzene rings is 1. The summed E-state index contributed by atoms with van der Waals surface area (Å²) in [7, 11) is -4.45. The van der Waals surface area contributed by atoms with Gasteiger partial charge in [-0.3, -0.25) is 8.98 Å². The van der Waals surface area contributed by atoms with Gasteiger partial charge in [0.1, 0.15) is 11.2 Å². The first kappa shape index (κ1) is 40.8. The summed E-state index contributed by atoms with van der Waals surface area (Å²) in [6, 6.07) is 5.86. The number of hydrogen-bond acceptors (Lipinski definition) is 9. The minimum Gasteiger partial charge on any atom is -0.481 e. The molecule has 2 unspecified atom stereocenters. The fourth-order valence-electron chi connectivity index (χ4n) is 5.40. The summed E-state index contributed by atoms with van der Waals surface area (Å²) in [5.74, 6) is -4.04. The van der Waals surface area contributed by atoms with Gasteiger partial charge in [-0.1, -0.05) is 59.2 Å². The maximum atomic E-state index is 14.0. The van der Waals surface area contributed by atoms with Crippen LogP contribution in [0.1, 0.15) is 108 Å². The third-order valence-corrected chi connectivity index (χ3v) is 8.65. The van der Waals surface area contributed by atoms with Gasteiger partial charge < -0.3 is 19.7 Å². The third-order valence-electron chi connectivity index (χ3n) is 7.28. The van der Waals surface area contributed by atoms with Gasteiger partial charge in [-0.25, -0.2) is 14.4 Å². The first-order valence-corrected chi connectivity index (χ1v) is 16.6. The number of rotatable bonds is 11. The molecular formula is C33H53NO11S. The first-order chi connectivity index (χ1) is 20.5. The van der Waals surface area contributed by atoms with E-state index in [0.717, 1.165) is 5.56 Å². The van der Waals surface area contributed by atoms with Gasteiger partial charge >= 0.3 is 24.1 Å². The van der Waals surface area contributed by atoms with Crippen LogP contribution in [0.15, 0.2) is 29.2 Å². The molecule has 0 aliphatic rings. The largest absolute Gasteiger partial charge is 0.481 e. The van der Waals surface area contributed by atoms with E-state index in [1.165, 1.54) is 32.9 Å². The van der Waals surface area contributed by atoms with Crippen LogP contribution >= 0.6 is 0 Å². The fraction of sp³-hybridized carbons (Fsp3) is 0.697. The number of carbonyl (C=O) groups excluding carboxylic acids is 2. The van der Waals surface area contributed by atoms with Gasteiger partial charge in [0.2, 0.25) is 0 Å². The standard InChI is InChI=1S/C33H53NO11S/c1-21-14-17-23(18-15-21)46(41,42)45-22(16-19-25(35)36)20-24(29(2,3)4)33(26(37)38,30(5,6)7)34(27(39)43-31(8,9)10)28(40)44-32(11,12)13/h14-15,17-18,22,24H,16,19-20H2,1-13H3,(H,35,36)(H,37,38)/t22?,24?,33-/m1/s1. The van der Waals surface area contributed by atoms with Gasteiger partial charge in [-0.2, -0.15) is 13.3 Å². The average Bonchev–Trinajstić information content (AvgIpc) is 2.80. The maximum Gasteiger partial charge on any atom is 0.420 e. The summed E-state index contributed by atoms with van der Waals surface area (Å²) < 4.78 is 43.7. The van der Waals surface area contributed by atoms with Crippen molar-refractivity contribution in [1.29, 1.82) is 0 Å². The Morgan fingerprint density at radius 2 is 1.22 bits per heavy atom. The van der Waals surface area contributed by atoms with Crippen LogP contribution in [-0.4, -0.2) is 70.5 Å². The van der Waals surface area contributed by atoms with Crippen molar-refractivity contribution in [1.82, 2.24) is 4.90 Å². The van der Waals surface area contributed by atoms with E-state index in [1.807, 2.05) is 0 Å². The van der Waals surface area contributed by atoms with Crippen LogP contribution in [0.25, 0.3) is 0 Å². The zero-order valence-corrected chi connectivity index (χ0v) is 30.3. The Hall–Kier alpha value is -3.19. The topological polar surface area (TPSA) is 174 Å². The predicted molar refractivity (Wildman–Crippen MR) is 172 cm³/mol. The normalized spacial score (nSPS) is 15.7. The van der Waals surface area contributed by atoms with E-state index in [4.69, 9.17) is 13.7 Å². The van der Waals surface area contributed by atoms with Crippen molar-refractivity contribution in [2.75, 3.05) is 0 Å². The lowest BCUT2D eigenvalue weighted by atomic mass is 9.56. The maximum absolute atomic E-state index is 14.0. The summed E-state index contributed by atoms with van der Waals surface area (Å²) in [5, 5.41) is 20.7. The van der Waals surface area contributed by atoms with Gasteiger partial charge in [0, 0.05) is 12.3 Å². The van der Waals surface area contributed by atoms with E-state index in [-0.39, 0.29) is 17.7 Å². The number of hydrogen-bond donors (Lipinski definition) is 2. The van der Waals surface area contributed by atoms with Gasteiger partial charge in [-0.15, -0.1) is 0 Å². The molecule has 1 aromatic carbocycles. The molecular weight excluding hydrogens is 618 g/mol. The van der Waals surface area contributed by atoms with Crippen molar-refractivity contribution >= 4 is 34.2 Å². The first-order valence-electron chi connectivity index (χ1n) is 15.2. The Morgan fingerprint density at radius 1 is 0.783 bits per heavy atom. The molecule has 0 spiro atoms. The van der Waals surface area contributed by atoms with E-state index >= 15 is 0 Å². The van der Waals surface area contributed by atoms with Crippen LogP contribution in [0.5, 0.6) is 0 Å². The van der Waals surface area contributed by atoms with Crippen LogP contribution in [0, 0.1) is 23.7 Å². The number of nitrogens with zero attached hydrogens (tertiary/aromatic N) is 1. The number of aryl methyl sites for hydroxylation is 1. The lowest BCUT2D eigenvalue weighted by Crippen LogP contribution is -2.72. The van der Waals surface area contributed by atoms with Crippen molar-refractivity contribution in [3.63, 3.8) is 0 Å². The Bertz CT molecular complexity index is 1330. The summed E-state index contributed by atoms with van der Waals surface area (Å²) in [4.78, 5) is 53.8. The molecule has 2 N–H and O–H groups in total. The van der Waals surface area contributed by atoms with Gasteiger partial charge in [0.05, 0.1) is 11.0 Å².